The van der Waals surface area contributed by atoms with Gasteiger partial charge in [0.15, 0.2) is 9.84 Å². The van der Waals surface area contributed by atoms with E-state index < -0.39 is 25.4 Å². The molecule has 0 saturated carbocycles. The summed E-state index contributed by atoms with van der Waals surface area (Å²) in [4.78, 5) is -0.383. The van der Waals surface area contributed by atoms with Gasteiger partial charge in [0.2, 0.25) is 10.0 Å². The van der Waals surface area contributed by atoms with E-state index in [0.29, 0.717) is 6.42 Å². The van der Waals surface area contributed by atoms with Crippen LogP contribution in [0.15, 0.2) is 28.0 Å². The highest BCUT2D eigenvalue weighted by molar-refractivity contribution is 7.91. The molecule has 1 atom stereocenters. The van der Waals surface area contributed by atoms with Crippen molar-refractivity contribution in [3.05, 3.63) is 23.2 Å². The Kier molecular flexibility index (Phi) is 6.26. The molecular formula is C14H23ClN2O4S2. The summed E-state index contributed by atoms with van der Waals surface area (Å²) in [6.45, 7) is 5.73. The molecule has 132 valence electrons. The van der Waals surface area contributed by atoms with Crippen LogP contribution < -0.4 is 10.5 Å². The van der Waals surface area contributed by atoms with Gasteiger partial charge in [0.25, 0.3) is 0 Å². The lowest BCUT2D eigenvalue weighted by atomic mass is 9.92. The van der Waals surface area contributed by atoms with Crippen LogP contribution in [-0.4, -0.2) is 35.2 Å². The maximum atomic E-state index is 12.6. The van der Waals surface area contributed by atoms with Crippen molar-refractivity contribution in [3.8, 4) is 0 Å². The molecule has 1 rings (SSSR count). The first-order valence-corrected chi connectivity index (χ1v) is 10.8. The minimum Gasteiger partial charge on any atom is -0.329 e. The number of sulfonamides is 1. The molecule has 3 N–H and O–H groups in total. The minimum absolute atomic E-state index is 0.0474. The Morgan fingerprint density at radius 1 is 1.26 bits per heavy atom. The zero-order valence-electron chi connectivity index (χ0n) is 13.6. The summed E-state index contributed by atoms with van der Waals surface area (Å²) in [6, 6.07) is 3.59. The summed E-state index contributed by atoms with van der Waals surface area (Å²) in [6.07, 6.45) is 1.54. The van der Waals surface area contributed by atoms with Gasteiger partial charge in [0.1, 0.15) is 4.90 Å². The Morgan fingerprint density at radius 2 is 1.83 bits per heavy atom. The van der Waals surface area contributed by atoms with Gasteiger partial charge >= 0.3 is 0 Å². The molecule has 1 aromatic carbocycles. The number of benzene rings is 1. The van der Waals surface area contributed by atoms with Crippen LogP contribution in [0, 0.1) is 5.92 Å². The first-order valence-electron chi connectivity index (χ1n) is 7.04. The van der Waals surface area contributed by atoms with Gasteiger partial charge in [0.05, 0.1) is 9.92 Å². The smallest absolute Gasteiger partial charge is 0.242 e. The van der Waals surface area contributed by atoms with E-state index >= 15 is 0 Å². The number of hydrogen-bond acceptors (Lipinski definition) is 5. The van der Waals surface area contributed by atoms with Gasteiger partial charge in [-0.3, -0.25) is 0 Å². The van der Waals surface area contributed by atoms with E-state index in [4.69, 9.17) is 17.3 Å². The summed E-state index contributed by atoms with van der Waals surface area (Å²) in [5.74, 6) is 0.226. The summed E-state index contributed by atoms with van der Waals surface area (Å²) in [7, 11) is -7.56. The highest BCUT2D eigenvalue weighted by Crippen LogP contribution is 2.27. The van der Waals surface area contributed by atoms with Crippen molar-refractivity contribution in [1.29, 1.82) is 0 Å². The van der Waals surface area contributed by atoms with Crippen molar-refractivity contribution in [1.82, 2.24) is 4.72 Å². The molecule has 0 fully saturated rings. The predicted molar refractivity (Wildman–Crippen MR) is 91.8 cm³/mol. The van der Waals surface area contributed by atoms with Crippen molar-refractivity contribution in [2.45, 2.75) is 42.5 Å². The molecule has 0 aromatic heterocycles. The number of sulfone groups is 1. The van der Waals surface area contributed by atoms with Crippen molar-refractivity contribution in [2.24, 2.45) is 11.7 Å². The van der Waals surface area contributed by atoms with Crippen LogP contribution in [0.5, 0.6) is 0 Å². The molecular weight excluding hydrogens is 360 g/mol. The molecule has 0 aliphatic heterocycles. The van der Waals surface area contributed by atoms with Crippen LogP contribution in [0.1, 0.15) is 27.2 Å². The molecule has 9 heteroatoms. The third-order valence-corrected chi connectivity index (χ3v) is 6.54. The summed E-state index contributed by atoms with van der Waals surface area (Å²) in [5.41, 5.74) is 4.87. The molecule has 0 aliphatic rings. The third kappa shape index (κ3) is 5.42. The van der Waals surface area contributed by atoms with Crippen molar-refractivity contribution in [2.75, 3.05) is 12.8 Å². The maximum Gasteiger partial charge on any atom is 0.242 e. The minimum atomic E-state index is -4.02. The van der Waals surface area contributed by atoms with E-state index in [0.717, 1.165) is 12.3 Å². The fourth-order valence-corrected chi connectivity index (χ4v) is 5.04. The molecule has 1 aromatic rings. The molecule has 0 spiro atoms. The highest BCUT2D eigenvalue weighted by Gasteiger charge is 2.31. The van der Waals surface area contributed by atoms with E-state index in [9.17, 15) is 16.8 Å². The number of hydrogen-bond donors (Lipinski definition) is 2. The van der Waals surface area contributed by atoms with Crippen molar-refractivity contribution < 1.29 is 16.8 Å². The first-order chi connectivity index (χ1) is 10.3. The Labute approximate surface area is 143 Å². The Balaban J connectivity index is 3.33. The zero-order chi connectivity index (χ0) is 18.1. The largest absolute Gasteiger partial charge is 0.329 e. The second-order valence-corrected chi connectivity index (χ2v) is 10.4. The lowest BCUT2D eigenvalue weighted by molar-refractivity contribution is 0.344. The van der Waals surface area contributed by atoms with Crippen LogP contribution in [0.3, 0.4) is 0 Å². The highest BCUT2D eigenvalue weighted by atomic mass is 35.5. The standard InChI is InChI=1S/C14H23ClN2O4S2/c1-10(2)8-14(3,9-16)17-23(20,21)13-7-11(22(4,18)19)5-6-12(13)15/h5-7,10,17H,8-9,16H2,1-4H3/t14-/m1/s1. The number of halogens is 1. The van der Waals surface area contributed by atoms with Gasteiger partial charge in [0, 0.05) is 18.3 Å². The Morgan fingerprint density at radius 3 is 2.26 bits per heavy atom. The van der Waals surface area contributed by atoms with E-state index in [1.807, 2.05) is 13.8 Å². The molecule has 6 nitrogen and oxygen atoms in total. The Bertz CT molecular complexity index is 776. The zero-order valence-corrected chi connectivity index (χ0v) is 16.0. The van der Waals surface area contributed by atoms with E-state index in [2.05, 4.69) is 4.72 Å². The topological polar surface area (TPSA) is 106 Å². The van der Waals surface area contributed by atoms with Gasteiger partial charge in [-0.1, -0.05) is 25.4 Å². The number of nitrogens with one attached hydrogen (secondary N) is 1. The van der Waals surface area contributed by atoms with Gasteiger partial charge in [-0.2, -0.15) is 0 Å². The van der Waals surface area contributed by atoms with Crippen molar-refractivity contribution in [3.63, 3.8) is 0 Å². The maximum absolute atomic E-state index is 12.6. The first kappa shape index (κ1) is 20.4. The van der Waals surface area contributed by atoms with Gasteiger partial charge in [-0.25, -0.2) is 21.6 Å². The summed E-state index contributed by atoms with van der Waals surface area (Å²) >= 11 is 5.96. The van der Waals surface area contributed by atoms with Gasteiger partial charge in [-0.05, 0) is 37.5 Å². The van der Waals surface area contributed by atoms with Crippen LogP contribution >= 0.6 is 11.6 Å². The molecule has 0 unspecified atom stereocenters. The lowest BCUT2D eigenvalue weighted by Crippen LogP contribution is -2.52. The lowest BCUT2D eigenvalue weighted by Gasteiger charge is -2.31. The molecule has 0 amide bonds. The molecule has 23 heavy (non-hydrogen) atoms. The molecule has 0 aliphatic carbocycles. The van der Waals surface area contributed by atoms with E-state index in [1.165, 1.54) is 12.1 Å². The average molecular weight is 383 g/mol. The Hall–Kier alpha value is -0.670. The molecule has 0 bridgehead atoms. The second kappa shape index (κ2) is 7.06. The van der Waals surface area contributed by atoms with Gasteiger partial charge in [-0.15, -0.1) is 0 Å². The van der Waals surface area contributed by atoms with E-state index in [-0.39, 0.29) is 27.3 Å². The van der Waals surface area contributed by atoms with Crippen LogP contribution in [-0.2, 0) is 19.9 Å². The summed E-state index contributed by atoms with van der Waals surface area (Å²) < 4.78 is 51.1. The third-order valence-electron chi connectivity index (χ3n) is 3.31. The fraction of sp³-hybridized carbons (Fsp3) is 0.571. The second-order valence-electron chi connectivity index (χ2n) is 6.33. The monoisotopic (exact) mass is 382 g/mol. The number of nitrogens with two attached hydrogens (primary N) is 1. The van der Waals surface area contributed by atoms with Crippen LogP contribution in [0.4, 0.5) is 0 Å². The molecule has 0 radical (unpaired) electrons. The molecule has 0 saturated heterocycles. The van der Waals surface area contributed by atoms with Crippen LogP contribution in [0.25, 0.3) is 0 Å². The normalized spacial score (nSPS) is 15.6. The summed E-state index contributed by atoms with van der Waals surface area (Å²) in [5, 5.41) is -0.0474. The predicted octanol–water partition coefficient (Wildman–Crippen LogP) is 1.79. The van der Waals surface area contributed by atoms with Crippen LogP contribution in [0.2, 0.25) is 5.02 Å². The number of rotatable bonds is 7. The van der Waals surface area contributed by atoms with Gasteiger partial charge < -0.3 is 5.73 Å². The van der Waals surface area contributed by atoms with E-state index in [1.54, 1.807) is 6.92 Å². The van der Waals surface area contributed by atoms with Crippen molar-refractivity contribution >= 4 is 31.5 Å². The fourth-order valence-electron chi connectivity index (χ4n) is 2.37. The molecule has 0 heterocycles. The average Bonchev–Trinajstić information content (AvgIpc) is 2.35. The SMILES string of the molecule is CC(C)C[C@](C)(CN)NS(=O)(=O)c1cc(S(C)(=O)=O)ccc1Cl. The quantitative estimate of drug-likeness (QED) is 0.747.